The molecule has 33 heavy (non-hydrogen) atoms. The highest BCUT2D eigenvalue weighted by Crippen LogP contribution is 2.20. The molecule has 0 aliphatic heterocycles. The van der Waals surface area contributed by atoms with Gasteiger partial charge in [0, 0.05) is 24.0 Å². The van der Waals surface area contributed by atoms with E-state index in [1.807, 2.05) is 85.8 Å². The van der Waals surface area contributed by atoms with Crippen LogP contribution in [-0.4, -0.2) is 36.4 Å². The predicted molar refractivity (Wildman–Crippen MR) is 134 cm³/mol. The van der Waals surface area contributed by atoms with E-state index in [1.165, 1.54) is 0 Å². The Morgan fingerprint density at radius 3 is 2.27 bits per heavy atom. The molecule has 6 heteroatoms. The maximum Gasteiger partial charge on any atom is 0.243 e. The van der Waals surface area contributed by atoms with Crippen LogP contribution in [0.2, 0.25) is 0 Å². The SMILES string of the molecule is CCNC(=O)[C@@H](Cc1ccccc1)N(Cc1cccc(Br)c1)C(=O)Cc1ccc(OC)cc1. The van der Waals surface area contributed by atoms with Crippen molar-refractivity contribution in [3.05, 3.63) is 100 Å². The minimum Gasteiger partial charge on any atom is -0.497 e. The Morgan fingerprint density at radius 1 is 0.939 bits per heavy atom. The number of rotatable bonds is 10. The van der Waals surface area contributed by atoms with Crippen LogP contribution in [0.4, 0.5) is 0 Å². The summed E-state index contributed by atoms with van der Waals surface area (Å²) in [5.74, 6) is 0.480. The number of carbonyl (C=O) groups excluding carboxylic acids is 2. The summed E-state index contributed by atoms with van der Waals surface area (Å²) in [5.41, 5.74) is 2.83. The summed E-state index contributed by atoms with van der Waals surface area (Å²) in [6, 6.07) is 24.4. The third-order valence-electron chi connectivity index (χ3n) is 5.38. The Morgan fingerprint density at radius 2 is 1.64 bits per heavy atom. The molecule has 1 atom stereocenters. The van der Waals surface area contributed by atoms with Crippen LogP contribution in [0.1, 0.15) is 23.6 Å². The molecule has 0 aliphatic rings. The molecule has 0 spiro atoms. The molecule has 0 saturated carbocycles. The monoisotopic (exact) mass is 508 g/mol. The second-order valence-electron chi connectivity index (χ2n) is 7.78. The molecule has 0 fully saturated rings. The van der Waals surface area contributed by atoms with Crippen molar-refractivity contribution in [2.45, 2.75) is 32.4 Å². The van der Waals surface area contributed by atoms with Crippen molar-refractivity contribution in [2.24, 2.45) is 0 Å². The second-order valence-corrected chi connectivity index (χ2v) is 8.69. The van der Waals surface area contributed by atoms with E-state index in [1.54, 1.807) is 12.0 Å². The van der Waals surface area contributed by atoms with Gasteiger partial charge in [0.05, 0.1) is 13.5 Å². The maximum atomic E-state index is 13.6. The first kappa shape index (κ1) is 24.5. The van der Waals surface area contributed by atoms with Gasteiger partial charge >= 0.3 is 0 Å². The van der Waals surface area contributed by atoms with Gasteiger partial charge in [-0.25, -0.2) is 0 Å². The van der Waals surface area contributed by atoms with Crippen LogP contribution in [0.25, 0.3) is 0 Å². The lowest BCUT2D eigenvalue weighted by molar-refractivity contribution is -0.140. The van der Waals surface area contributed by atoms with E-state index in [0.717, 1.165) is 26.9 Å². The number of amides is 2. The fourth-order valence-electron chi connectivity index (χ4n) is 3.70. The Balaban J connectivity index is 1.93. The highest BCUT2D eigenvalue weighted by Gasteiger charge is 2.30. The molecule has 0 unspecified atom stereocenters. The number of halogens is 1. The number of methoxy groups -OCH3 is 1. The van der Waals surface area contributed by atoms with Crippen molar-refractivity contribution in [2.75, 3.05) is 13.7 Å². The zero-order chi connectivity index (χ0) is 23.6. The van der Waals surface area contributed by atoms with Crippen molar-refractivity contribution >= 4 is 27.7 Å². The number of hydrogen-bond donors (Lipinski definition) is 1. The van der Waals surface area contributed by atoms with Crippen LogP contribution in [-0.2, 0) is 29.0 Å². The Hall–Kier alpha value is -3.12. The summed E-state index contributed by atoms with van der Waals surface area (Å²) < 4.78 is 6.15. The van der Waals surface area contributed by atoms with E-state index in [9.17, 15) is 9.59 Å². The van der Waals surface area contributed by atoms with Gasteiger partial charge in [-0.2, -0.15) is 0 Å². The van der Waals surface area contributed by atoms with E-state index in [4.69, 9.17) is 4.74 Å². The number of nitrogens with zero attached hydrogens (tertiary/aromatic N) is 1. The van der Waals surface area contributed by atoms with Gasteiger partial charge in [-0.05, 0) is 47.9 Å². The molecular weight excluding hydrogens is 480 g/mol. The van der Waals surface area contributed by atoms with Gasteiger partial charge in [-0.1, -0.05) is 70.5 Å². The van der Waals surface area contributed by atoms with E-state index in [-0.39, 0.29) is 18.2 Å². The molecule has 0 aliphatic carbocycles. The van der Waals surface area contributed by atoms with Gasteiger partial charge in [0.1, 0.15) is 11.8 Å². The van der Waals surface area contributed by atoms with Gasteiger partial charge in [0.15, 0.2) is 0 Å². The summed E-state index contributed by atoms with van der Waals surface area (Å²) >= 11 is 3.51. The summed E-state index contributed by atoms with van der Waals surface area (Å²) in [5, 5.41) is 2.92. The first-order valence-corrected chi connectivity index (χ1v) is 11.8. The fraction of sp³-hybridized carbons (Fsp3) is 0.259. The standard InChI is InChI=1S/C27H29BrN2O3/c1-3-29-27(32)25(17-20-8-5-4-6-9-20)30(19-22-10-7-11-23(28)16-22)26(31)18-21-12-14-24(33-2)15-13-21/h4-16,25H,3,17-19H2,1-2H3,(H,29,32)/t25-/m1/s1. The van der Waals surface area contributed by atoms with Gasteiger partial charge in [-0.15, -0.1) is 0 Å². The van der Waals surface area contributed by atoms with Gasteiger partial charge < -0.3 is 15.0 Å². The zero-order valence-corrected chi connectivity index (χ0v) is 20.5. The molecule has 3 aromatic rings. The van der Waals surface area contributed by atoms with Crippen LogP contribution in [0, 0.1) is 0 Å². The average molecular weight is 509 g/mol. The molecule has 3 rings (SSSR count). The van der Waals surface area contributed by atoms with E-state index >= 15 is 0 Å². The molecule has 3 aromatic carbocycles. The normalized spacial score (nSPS) is 11.5. The number of benzene rings is 3. The smallest absolute Gasteiger partial charge is 0.243 e. The molecule has 0 radical (unpaired) electrons. The third-order valence-corrected chi connectivity index (χ3v) is 5.87. The van der Waals surface area contributed by atoms with Crippen LogP contribution < -0.4 is 10.1 Å². The fourth-order valence-corrected chi connectivity index (χ4v) is 4.14. The molecule has 0 saturated heterocycles. The Labute approximate surface area is 203 Å². The van der Waals surface area contributed by atoms with Crippen molar-refractivity contribution in [1.29, 1.82) is 0 Å². The van der Waals surface area contributed by atoms with E-state index < -0.39 is 6.04 Å². The minimum atomic E-state index is -0.628. The molecule has 2 amide bonds. The maximum absolute atomic E-state index is 13.6. The van der Waals surface area contributed by atoms with Crippen molar-refractivity contribution in [3.63, 3.8) is 0 Å². The quantitative estimate of drug-likeness (QED) is 0.428. The zero-order valence-electron chi connectivity index (χ0n) is 19.0. The minimum absolute atomic E-state index is 0.104. The summed E-state index contributed by atoms with van der Waals surface area (Å²) in [4.78, 5) is 28.5. The van der Waals surface area contributed by atoms with E-state index in [2.05, 4.69) is 21.2 Å². The predicted octanol–water partition coefficient (Wildman–Crippen LogP) is 4.78. The topological polar surface area (TPSA) is 58.6 Å². The molecular formula is C27H29BrN2O3. The van der Waals surface area contributed by atoms with Crippen molar-refractivity contribution < 1.29 is 14.3 Å². The number of nitrogens with one attached hydrogen (secondary N) is 1. The summed E-state index contributed by atoms with van der Waals surface area (Å²) in [6.07, 6.45) is 0.637. The first-order chi connectivity index (χ1) is 16.0. The number of ether oxygens (including phenoxy) is 1. The lowest BCUT2D eigenvalue weighted by Crippen LogP contribution is -2.50. The second kappa shape index (κ2) is 12.2. The first-order valence-electron chi connectivity index (χ1n) is 11.0. The molecule has 0 heterocycles. The number of carbonyl (C=O) groups is 2. The van der Waals surface area contributed by atoms with Gasteiger partial charge in [0.2, 0.25) is 11.8 Å². The van der Waals surface area contributed by atoms with Crippen molar-refractivity contribution in [1.82, 2.24) is 10.2 Å². The van der Waals surface area contributed by atoms with Crippen LogP contribution in [0.3, 0.4) is 0 Å². The van der Waals surface area contributed by atoms with Crippen LogP contribution in [0.5, 0.6) is 5.75 Å². The lowest BCUT2D eigenvalue weighted by atomic mass is 10.0. The molecule has 172 valence electrons. The Bertz CT molecular complexity index is 1050. The van der Waals surface area contributed by atoms with Crippen molar-refractivity contribution in [3.8, 4) is 5.75 Å². The molecule has 0 bridgehead atoms. The highest BCUT2D eigenvalue weighted by atomic mass is 79.9. The number of hydrogen-bond acceptors (Lipinski definition) is 3. The average Bonchev–Trinajstić information content (AvgIpc) is 2.82. The molecule has 0 aromatic heterocycles. The van der Waals surface area contributed by atoms with E-state index in [0.29, 0.717) is 19.5 Å². The highest BCUT2D eigenvalue weighted by molar-refractivity contribution is 9.10. The molecule has 1 N–H and O–H groups in total. The largest absolute Gasteiger partial charge is 0.497 e. The summed E-state index contributed by atoms with van der Waals surface area (Å²) in [6.45, 7) is 2.72. The third kappa shape index (κ3) is 7.19. The Kier molecular flexibility index (Phi) is 9.07. The van der Waals surface area contributed by atoms with Gasteiger partial charge in [0.25, 0.3) is 0 Å². The summed E-state index contributed by atoms with van der Waals surface area (Å²) in [7, 11) is 1.61. The van der Waals surface area contributed by atoms with Gasteiger partial charge in [-0.3, -0.25) is 9.59 Å². The lowest BCUT2D eigenvalue weighted by Gasteiger charge is -2.31. The number of likely N-dealkylation sites (N-methyl/N-ethyl adjacent to an activating group) is 1. The van der Waals surface area contributed by atoms with Crippen LogP contribution >= 0.6 is 15.9 Å². The van der Waals surface area contributed by atoms with Crippen LogP contribution in [0.15, 0.2) is 83.3 Å². The molecule has 5 nitrogen and oxygen atoms in total.